The molecule has 15 heavy (non-hydrogen) atoms. The Labute approximate surface area is 90.6 Å². The second-order valence-corrected chi connectivity index (χ2v) is 4.18. The van der Waals surface area contributed by atoms with Crippen LogP contribution in [0.2, 0.25) is 0 Å². The predicted molar refractivity (Wildman–Crippen MR) is 58.5 cm³/mol. The van der Waals surface area contributed by atoms with Crippen molar-refractivity contribution in [3.63, 3.8) is 0 Å². The number of carboxylic acids is 1. The van der Waals surface area contributed by atoms with Crippen LogP contribution < -0.4 is 0 Å². The maximum atomic E-state index is 11.5. The van der Waals surface area contributed by atoms with Crippen LogP contribution in [0.25, 0.3) is 0 Å². The molecule has 0 rings (SSSR count). The molecule has 4 heteroatoms. The minimum Gasteiger partial charge on any atom is -0.480 e. The van der Waals surface area contributed by atoms with Crippen molar-refractivity contribution in [3.05, 3.63) is 12.2 Å². The highest BCUT2D eigenvalue weighted by Gasteiger charge is 2.27. The Balaban J connectivity index is 4.70. The fourth-order valence-corrected chi connectivity index (χ4v) is 1.31. The number of nitrogens with zero attached hydrogens (tertiary/aromatic N) is 1. The number of likely N-dealkylation sites (N-methyl/N-ethyl adjacent to an activating group) is 1. The number of hydrogen-bond donors (Lipinski definition) is 1. The molecule has 0 heterocycles. The van der Waals surface area contributed by atoms with Gasteiger partial charge in [0.05, 0.1) is 0 Å². The SMILES string of the molecule is C=C(C)C(=O)N(C)[C@H](CC(C)C)C(=O)O. The normalized spacial score (nSPS) is 12.3. The lowest BCUT2D eigenvalue weighted by molar-refractivity contribution is -0.148. The Morgan fingerprint density at radius 2 is 1.87 bits per heavy atom. The third kappa shape index (κ3) is 4.14. The van der Waals surface area contributed by atoms with Crippen molar-refractivity contribution in [1.29, 1.82) is 0 Å². The van der Waals surface area contributed by atoms with E-state index in [0.29, 0.717) is 12.0 Å². The van der Waals surface area contributed by atoms with Gasteiger partial charge in [0.25, 0.3) is 0 Å². The first-order chi connectivity index (χ1) is 6.77. The molecule has 1 atom stereocenters. The average molecular weight is 213 g/mol. The van der Waals surface area contributed by atoms with Gasteiger partial charge in [0.2, 0.25) is 5.91 Å². The van der Waals surface area contributed by atoms with E-state index in [1.807, 2.05) is 13.8 Å². The topological polar surface area (TPSA) is 57.6 Å². The first kappa shape index (κ1) is 13.7. The molecule has 0 unspecified atom stereocenters. The summed E-state index contributed by atoms with van der Waals surface area (Å²) >= 11 is 0. The highest BCUT2D eigenvalue weighted by atomic mass is 16.4. The molecule has 0 spiro atoms. The van der Waals surface area contributed by atoms with Gasteiger partial charge >= 0.3 is 5.97 Å². The van der Waals surface area contributed by atoms with Crippen LogP contribution in [0, 0.1) is 5.92 Å². The molecule has 0 aliphatic heterocycles. The van der Waals surface area contributed by atoms with Gasteiger partial charge in [0, 0.05) is 12.6 Å². The smallest absolute Gasteiger partial charge is 0.326 e. The van der Waals surface area contributed by atoms with Gasteiger partial charge in [0.15, 0.2) is 0 Å². The summed E-state index contributed by atoms with van der Waals surface area (Å²) in [6.45, 7) is 8.94. The highest BCUT2D eigenvalue weighted by Crippen LogP contribution is 2.12. The van der Waals surface area contributed by atoms with Crippen LogP contribution in [0.4, 0.5) is 0 Å². The van der Waals surface area contributed by atoms with Crippen molar-refractivity contribution in [2.45, 2.75) is 33.2 Å². The second-order valence-electron chi connectivity index (χ2n) is 4.18. The van der Waals surface area contributed by atoms with Crippen LogP contribution in [0.3, 0.4) is 0 Å². The van der Waals surface area contributed by atoms with Crippen molar-refractivity contribution < 1.29 is 14.7 Å². The number of carbonyl (C=O) groups is 2. The van der Waals surface area contributed by atoms with Crippen molar-refractivity contribution in [2.24, 2.45) is 5.92 Å². The molecule has 1 N–H and O–H groups in total. The Morgan fingerprint density at radius 3 is 2.13 bits per heavy atom. The monoisotopic (exact) mass is 213 g/mol. The van der Waals surface area contributed by atoms with Crippen LogP contribution in [0.15, 0.2) is 12.2 Å². The zero-order chi connectivity index (χ0) is 12.2. The van der Waals surface area contributed by atoms with E-state index in [1.54, 1.807) is 6.92 Å². The summed E-state index contributed by atoms with van der Waals surface area (Å²) in [7, 11) is 1.50. The van der Waals surface area contributed by atoms with E-state index < -0.39 is 12.0 Å². The van der Waals surface area contributed by atoms with Crippen LogP contribution in [0.5, 0.6) is 0 Å². The van der Waals surface area contributed by atoms with Gasteiger partial charge in [-0.1, -0.05) is 20.4 Å². The third-order valence-corrected chi connectivity index (χ3v) is 2.13. The van der Waals surface area contributed by atoms with E-state index >= 15 is 0 Å². The summed E-state index contributed by atoms with van der Waals surface area (Å²) in [5.74, 6) is -1.06. The molecule has 0 saturated carbocycles. The van der Waals surface area contributed by atoms with Gasteiger partial charge in [-0.2, -0.15) is 0 Å². The molecule has 0 aliphatic rings. The van der Waals surface area contributed by atoms with Gasteiger partial charge < -0.3 is 10.0 Å². The van der Waals surface area contributed by atoms with E-state index in [-0.39, 0.29) is 11.8 Å². The Morgan fingerprint density at radius 1 is 1.40 bits per heavy atom. The lowest BCUT2D eigenvalue weighted by atomic mass is 10.0. The van der Waals surface area contributed by atoms with Crippen molar-refractivity contribution >= 4 is 11.9 Å². The molecule has 0 aromatic heterocycles. The highest BCUT2D eigenvalue weighted by molar-refractivity contribution is 5.94. The molecule has 0 aromatic rings. The fraction of sp³-hybridized carbons (Fsp3) is 0.636. The molecule has 4 nitrogen and oxygen atoms in total. The van der Waals surface area contributed by atoms with E-state index in [9.17, 15) is 9.59 Å². The first-order valence-electron chi connectivity index (χ1n) is 4.92. The predicted octanol–water partition coefficient (Wildman–Crippen LogP) is 1.52. The van der Waals surface area contributed by atoms with Crippen LogP contribution in [-0.4, -0.2) is 35.0 Å². The molecule has 0 radical (unpaired) electrons. The van der Waals surface area contributed by atoms with E-state index in [2.05, 4.69) is 6.58 Å². The quantitative estimate of drug-likeness (QED) is 0.704. The van der Waals surface area contributed by atoms with Crippen LogP contribution in [0.1, 0.15) is 27.2 Å². The molecule has 0 bridgehead atoms. The number of carbonyl (C=O) groups excluding carboxylic acids is 1. The van der Waals surface area contributed by atoms with Gasteiger partial charge in [-0.25, -0.2) is 4.79 Å². The van der Waals surface area contributed by atoms with Gasteiger partial charge in [0.1, 0.15) is 6.04 Å². The van der Waals surface area contributed by atoms with Crippen LogP contribution >= 0.6 is 0 Å². The van der Waals surface area contributed by atoms with Crippen molar-refractivity contribution in [1.82, 2.24) is 4.90 Å². The summed E-state index contributed by atoms with van der Waals surface area (Å²) in [6.07, 6.45) is 0.449. The van der Waals surface area contributed by atoms with Crippen molar-refractivity contribution in [2.75, 3.05) is 7.05 Å². The van der Waals surface area contributed by atoms with E-state index in [0.717, 1.165) is 0 Å². The molecule has 86 valence electrons. The number of rotatable bonds is 5. The summed E-state index contributed by atoms with van der Waals surface area (Å²) in [5.41, 5.74) is 0.354. The summed E-state index contributed by atoms with van der Waals surface area (Å²) in [4.78, 5) is 23.8. The maximum absolute atomic E-state index is 11.5. The average Bonchev–Trinajstić information content (AvgIpc) is 2.10. The molecular formula is C11H19NO3. The Bertz CT molecular complexity index is 271. The van der Waals surface area contributed by atoms with Gasteiger partial charge in [-0.15, -0.1) is 0 Å². The van der Waals surface area contributed by atoms with E-state index in [1.165, 1.54) is 11.9 Å². The number of amides is 1. The van der Waals surface area contributed by atoms with E-state index in [4.69, 9.17) is 5.11 Å². The number of aliphatic carboxylic acids is 1. The van der Waals surface area contributed by atoms with Crippen LogP contribution in [-0.2, 0) is 9.59 Å². The molecule has 0 saturated heterocycles. The van der Waals surface area contributed by atoms with Crippen molar-refractivity contribution in [3.8, 4) is 0 Å². The number of carboxylic acid groups (broad SMARTS) is 1. The third-order valence-electron chi connectivity index (χ3n) is 2.13. The lowest BCUT2D eigenvalue weighted by Crippen LogP contribution is -2.43. The molecule has 0 aliphatic carbocycles. The zero-order valence-corrected chi connectivity index (χ0v) is 9.78. The molecule has 0 fully saturated rings. The molecular weight excluding hydrogens is 194 g/mol. The largest absolute Gasteiger partial charge is 0.480 e. The Kier molecular flexibility index (Phi) is 5.05. The molecule has 0 aromatic carbocycles. The zero-order valence-electron chi connectivity index (χ0n) is 9.78. The standard InChI is InChI=1S/C11H19NO3/c1-7(2)6-9(11(14)15)12(5)10(13)8(3)4/h7,9H,3,6H2,1-2,4-5H3,(H,14,15)/t9-/m1/s1. The lowest BCUT2D eigenvalue weighted by Gasteiger charge is -2.26. The van der Waals surface area contributed by atoms with Gasteiger partial charge in [-0.05, 0) is 19.3 Å². The summed E-state index contributed by atoms with van der Waals surface area (Å²) in [6, 6.07) is -0.769. The molecule has 1 amide bonds. The van der Waals surface area contributed by atoms with Gasteiger partial charge in [-0.3, -0.25) is 4.79 Å². The maximum Gasteiger partial charge on any atom is 0.326 e. The fourth-order valence-electron chi connectivity index (χ4n) is 1.31. The Hall–Kier alpha value is -1.32. The first-order valence-corrected chi connectivity index (χ1v) is 4.92. The number of hydrogen-bond acceptors (Lipinski definition) is 2. The summed E-state index contributed by atoms with van der Waals surface area (Å²) in [5, 5.41) is 9.00. The second kappa shape index (κ2) is 5.53. The minimum atomic E-state index is -0.971. The summed E-state index contributed by atoms with van der Waals surface area (Å²) < 4.78 is 0. The minimum absolute atomic E-state index is 0.228.